The maximum absolute atomic E-state index is 6.16. The van der Waals surface area contributed by atoms with Gasteiger partial charge < -0.3 is 20.1 Å². The molecular weight excluding hydrogens is 342 g/mol. The lowest BCUT2D eigenvalue weighted by atomic mass is 10.1. The van der Waals surface area contributed by atoms with Gasteiger partial charge in [-0.2, -0.15) is 5.10 Å². The first-order valence-corrected chi connectivity index (χ1v) is 9.50. The Labute approximate surface area is 160 Å². The molecular formula is C20H29N5O2. The minimum Gasteiger partial charge on any atom is -0.488 e. The average Bonchev–Trinajstić information content (AvgIpc) is 3.36. The summed E-state index contributed by atoms with van der Waals surface area (Å²) in [6, 6.07) is 8.25. The number of guanidine groups is 1. The van der Waals surface area contributed by atoms with Crippen LogP contribution in [-0.4, -0.2) is 48.7 Å². The highest BCUT2D eigenvalue weighted by Gasteiger charge is 2.18. The van der Waals surface area contributed by atoms with Gasteiger partial charge in [-0.05, 0) is 31.0 Å². The third kappa shape index (κ3) is 5.99. The van der Waals surface area contributed by atoms with Crippen molar-refractivity contribution < 1.29 is 9.47 Å². The molecule has 2 heterocycles. The lowest BCUT2D eigenvalue weighted by Crippen LogP contribution is -2.37. The van der Waals surface area contributed by atoms with Gasteiger partial charge in [-0.25, -0.2) is 0 Å². The van der Waals surface area contributed by atoms with Crippen LogP contribution in [0.15, 0.2) is 41.7 Å². The van der Waals surface area contributed by atoms with Crippen molar-refractivity contribution in [2.75, 3.05) is 26.8 Å². The minimum absolute atomic E-state index is 0.144. The zero-order valence-corrected chi connectivity index (χ0v) is 16.1. The zero-order chi connectivity index (χ0) is 18.9. The van der Waals surface area contributed by atoms with Crippen molar-refractivity contribution in [3.05, 3.63) is 47.8 Å². The van der Waals surface area contributed by atoms with Crippen LogP contribution in [0, 0.1) is 6.92 Å². The molecule has 1 fully saturated rings. The molecule has 1 saturated heterocycles. The Balaban J connectivity index is 1.48. The van der Waals surface area contributed by atoms with Crippen molar-refractivity contribution in [3.8, 4) is 5.75 Å². The predicted octanol–water partition coefficient (Wildman–Crippen LogP) is 2.11. The quantitative estimate of drug-likeness (QED) is 0.422. The summed E-state index contributed by atoms with van der Waals surface area (Å²) in [7, 11) is 1.78. The van der Waals surface area contributed by atoms with E-state index in [2.05, 4.69) is 45.8 Å². The highest BCUT2D eigenvalue weighted by molar-refractivity contribution is 5.79. The SMILES string of the molecule is CN=C(NCCCn1cccn1)NCc1ccc(C)cc1OC1CCOC1. The van der Waals surface area contributed by atoms with Crippen molar-refractivity contribution in [3.63, 3.8) is 0 Å². The van der Waals surface area contributed by atoms with E-state index in [-0.39, 0.29) is 6.10 Å². The number of nitrogens with zero attached hydrogens (tertiary/aromatic N) is 3. The van der Waals surface area contributed by atoms with Gasteiger partial charge in [-0.3, -0.25) is 9.67 Å². The summed E-state index contributed by atoms with van der Waals surface area (Å²) in [4.78, 5) is 4.30. The molecule has 1 aromatic heterocycles. The molecule has 1 aromatic carbocycles. The standard InChI is InChI=1S/C20H29N5O2/c1-16-5-6-17(19(13-16)27-18-7-12-26-15-18)14-23-20(21-2)22-8-3-10-25-11-4-9-24-25/h4-6,9,11,13,18H,3,7-8,10,12,14-15H2,1-2H3,(H2,21,22,23). The van der Waals surface area contributed by atoms with Gasteiger partial charge in [0.25, 0.3) is 0 Å². The van der Waals surface area contributed by atoms with E-state index in [1.54, 1.807) is 13.2 Å². The number of ether oxygens (including phenoxy) is 2. The zero-order valence-electron chi connectivity index (χ0n) is 16.1. The smallest absolute Gasteiger partial charge is 0.191 e. The number of hydrogen-bond acceptors (Lipinski definition) is 4. The maximum atomic E-state index is 6.16. The number of aliphatic imine (C=N–C) groups is 1. The van der Waals surface area contributed by atoms with Crippen LogP contribution in [0.5, 0.6) is 5.75 Å². The number of rotatable bonds is 8. The van der Waals surface area contributed by atoms with Crippen molar-refractivity contribution in [2.24, 2.45) is 4.99 Å². The van der Waals surface area contributed by atoms with Crippen LogP contribution in [0.25, 0.3) is 0 Å². The second kappa shape index (κ2) is 9.97. The van der Waals surface area contributed by atoms with Gasteiger partial charge in [-0.15, -0.1) is 0 Å². The molecule has 0 saturated carbocycles. The summed E-state index contributed by atoms with van der Waals surface area (Å²) in [6.07, 6.45) is 5.84. The third-order valence-electron chi connectivity index (χ3n) is 4.49. The van der Waals surface area contributed by atoms with E-state index in [1.807, 2.05) is 16.9 Å². The molecule has 1 atom stereocenters. The second-order valence-electron chi connectivity index (χ2n) is 6.69. The number of hydrogen-bond donors (Lipinski definition) is 2. The van der Waals surface area contributed by atoms with E-state index in [4.69, 9.17) is 9.47 Å². The number of aryl methyl sites for hydroxylation is 2. The van der Waals surface area contributed by atoms with Gasteiger partial charge in [0.15, 0.2) is 5.96 Å². The van der Waals surface area contributed by atoms with E-state index in [0.717, 1.165) is 49.8 Å². The number of benzene rings is 1. The van der Waals surface area contributed by atoms with Gasteiger partial charge in [0, 0.05) is 51.1 Å². The van der Waals surface area contributed by atoms with Crippen LogP contribution in [0.3, 0.4) is 0 Å². The summed E-state index contributed by atoms with van der Waals surface area (Å²) < 4.78 is 13.5. The Morgan fingerprint density at radius 3 is 3.07 bits per heavy atom. The van der Waals surface area contributed by atoms with Gasteiger partial charge in [0.05, 0.1) is 13.2 Å². The molecule has 7 heteroatoms. The van der Waals surface area contributed by atoms with E-state index >= 15 is 0 Å². The van der Waals surface area contributed by atoms with Crippen LogP contribution >= 0.6 is 0 Å². The summed E-state index contributed by atoms with van der Waals surface area (Å²) in [5.74, 6) is 1.71. The van der Waals surface area contributed by atoms with Crippen LogP contribution in [0.1, 0.15) is 24.0 Å². The fourth-order valence-corrected chi connectivity index (χ4v) is 2.98. The maximum Gasteiger partial charge on any atom is 0.191 e. The van der Waals surface area contributed by atoms with Gasteiger partial charge in [0.2, 0.25) is 0 Å². The van der Waals surface area contributed by atoms with Crippen molar-refractivity contribution >= 4 is 5.96 Å². The molecule has 3 rings (SSSR count). The molecule has 0 radical (unpaired) electrons. The molecule has 146 valence electrons. The van der Waals surface area contributed by atoms with Crippen molar-refractivity contribution in [2.45, 2.75) is 39.0 Å². The first-order chi connectivity index (χ1) is 13.2. The summed E-state index contributed by atoms with van der Waals surface area (Å²) in [6.45, 7) is 5.89. The minimum atomic E-state index is 0.144. The number of aromatic nitrogens is 2. The molecule has 27 heavy (non-hydrogen) atoms. The predicted molar refractivity (Wildman–Crippen MR) is 106 cm³/mol. The largest absolute Gasteiger partial charge is 0.488 e. The number of nitrogens with one attached hydrogen (secondary N) is 2. The fraction of sp³-hybridized carbons (Fsp3) is 0.500. The lowest BCUT2D eigenvalue weighted by Gasteiger charge is -2.18. The average molecular weight is 371 g/mol. The Morgan fingerprint density at radius 2 is 2.33 bits per heavy atom. The van der Waals surface area contributed by atoms with Crippen LogP contribution < -0.4 is 15.4 Å². The van der Waals surface area contributed by atoms with Gasteiger partial charge in [0.1, 0.15) is 11.9 Å². The summed E-state index contributed by atoms with van der Waals surface area (Å²) in [5, 5.41) is 10.9. The van der Waals surface area contributed by atoms with Crippen molar-refractivity contribution in [1.82, 2.24) is 20.4 Å². The van der Waals surface area contributed by atoms with Crippen LogP contribution in [0.2, 0.25) is 0 Å². The van der Waals surface area contributed by atoms with E-state index in [9.17, 15) is 0 Å². The van der Waals surface area contributed by atoms with E-state index < -0.39 is 0 Å². The molecule has 0 bridgehead atoms. The Hall–Kier alpha value is -2.54. The molecule has 0 spiro atoms. The summed E-state index contributed by atoms with van der Waals surface area (Å²) >= 11 is 0. The Morgan fingerprint density at radius 1 is 1.41 bits per heavy atom. The molecule has 0 aliphatic carbocycles. The first-order valence-electron chi connectivity index (χ1n) is 9.50. The van der Waals surface area contributed by atoms with Crippen LogP contribution in [-0.2, 0) is 17.8 Å². The highest BCUT2D eigenvalue weighted by Crippen LogP contribution is 2.23. The van der Waals surface area contributed by atoms with Crippen LogP contribution in [0.4, 0.5) is 0 Å². The highest BCUT2D eigenvalue weighted by atomic mass is 16.5. The van der Waals surface area contributed by atoms with E-state index in [1.165, 1.54) is 5.56 Å². The topological polar surface area (TPSA) is 72.7 Å². The third-order valence-corrected chi connectivity index (χ3v) is 4.49. The monoisotopic (exact) mass is 371 g/mol. The molecule has 1 aliphatic rings. The van der Waals surface area contributed by atoms with Crippen molar-refractivity contribution in [1.29, 1.82) is 0 Å². The fourth-order valence-electron chi connectivity index (χ4n) is 2.98. The molecule has 1 aliphatic heterocycles. The molecule has 2 aromatic rings. The molecule has 0 amide bonds. The van der Waals surface area contributed by atoms with E-state index in [0.29, 0.717) is 13.2 Å². The van der Waals surface area contributed by atoms with Gasteiger partial charge >= 0.3 is 0 Å². The van der Waals surface area contributed by atoms with Gasteiger partial charge in [-0.1, -0.05) is 12.1 Å². The Bertz CT molecular complexity index is 724. The first kappa shape index (κ1) is 19.2. The molecule has 7 nitrogen and oxygen atoms in total. The lowest BCUT2D eigenvalue weighted by molar-refractivity contribution is 0.140. The second-order valence-corrected chi connectivity index (χ2v) is 6.69. The Kier molecular flexibility index (Phi) is 7.10. The normalized spacial score (nSPS) is 17.1. The summed E-state index contributed by atoms with van der Waals surface area (Å²) in [5.41, 5.74) is 2.31. The molecule has 2 N–H and O–H groups in total. The molecule has 1 unspecified atom stereocenters.